The lowest BCUT2D eigenvalue weighted by molar-refractivity contribution is -0.142. The highest BCUT2D eigenvalue weighted by Crippen LogP contribution is 2.42. The Morgan fingerprint density at radius 3 is 2.32 bits per heavy atom. The molecular formula is C16H29NO2. The van der Waals surface area contributed by atoms with Crippen molar-refractivity contribution in [2.24, 2.45) is 23.2 Å². The third-order valence-electron chi connectivity index (χ3n) is 5.27. The smallest absolute Gasteiger partial charge is 0.308 e. The van der Waals surface area contributed by atoms with Crippen molar-refractivity contribution in [3.8, 4) is 0 Å². The summed E-state index contributed by atoms with van der Waals surface area (Å²) in [6, 6.07) is 0.598. The van der Waals surface area contributed by atoms with Gasteiger partial charge >= 0.3 is 5.97 Å². The summed E-state index contributed by atoms with van der Waals surface area (Å²) in [6.07, 6.45) is 5.20. The summed E-state index contributed by atoms with van der Waals surface area (Å²) in [5, 5.41) is 9.30. The van der Waals surface area contributed by atoms with E-state index in [1.807, 2.05) is 0 Å². The summed E-state index contributed by atoms with van der Waals surface area (Å²) in [6.45, 7) is 10.8. The molecule has 0 radical (unpaired) electrons. The zero-order chi connectivity index (χ0) is 14.2. The van der Waals surface area contributed by atoms with Crippen molar-refractivity contribution in [2.45, 2.75) is 59.4 Å². The highest BCUT2D eigenvalue weighted by molar-refractivity contribution is 5.71. The van der Waals surface area contributed by atoms with Crippen LogP contribution in [0, 0.1) is 23.2 Å². The second-order valence-corrected chi connectivity index (χ2v) is 7.70. The average Bonchev–Trinajstić information content (AvgIpc) is 2.70. The van der Waals surface area contributed by atoms with E-state index in [0.717, 1.165) is 13.1 Å². The SMILES string of the molecule is CC1CN(C2CCCCC2C(C)(C)C)CC1C(=O)O. The Bertz CT molecular complexity index is 334. The molecule has 0 spiro atoms. The topological polar surface area (TPSA) is 40.5 Å². The molecule has 0 bridgehead atoms. The van der Waals surface area contributed by atoms with Crippen LogP contribution >= 0.6 is 0 Å². The number of carboxylic acids is 1. The van der Waals surface area contributed by atoms with E-state index in [4.69, 9.17) is 0 Å². The number of nitrogens with zero attached hydrogens (tertiary/aromatic N) is 1. The van der Waals surface area contributed by atoms with Crippen molar-refractivity contribution in [1.82, 2.24) is 4.90 Å². The molecule has 19 heavy (non-hydrogen) atoms. The van der Waals surface area contributed by atoms with Gasteiger partial charge in [-0.1, -0.05) is 40.5 Å². The van der Waals surface area contributed by atoms with Gasteiger partial charge in [0.15, 0.2) is 0 Å². The van der Waals surface area contributed by atoms with Gasteiger partial charge in [-0.05, 0) is 30.1 Å². The second-order valence-electron chi connectivity index (χ2n) is 7.70. The van der Waals surface area contributed by atoms with Gasteiger partial charge in [0.25, 0.3) is 0 Å². The zero-order valence-electron chi connectivity index (χ0n) is 12.9. The molecule has 1 saturated carbocycles. The van der Waals surface area contributed by atoms with Crippen LogP contribution in [0.1, 0.15) is 53.4 Å². The van der Waals surface area contributed by atoms with Crippen molar-refractivity contribution in [3.63, 3.8) is 0 Å². The Hall–Kier alpha value is -0.570. The molecule has 110 valence electrons. The molecule has 3 nitrogen and oxygen atoms in total. The maximum Gasteiger partial charge on any atom is 0.308 e. The molecule has 3 heteroatoms. The van der Waals surface area contributed by atoms with Crippen LogP contribution in [0.5, 0.6) is 0 Å². The van der Waals surface area contributed by atoms with E-state index >= 15 is 0 Å². The number of carbonyl (C=O) groups is 1. The van der Waals surface area contributed by atoms with Gasteiger partial charge in [-0.3, -0.25) is 9.69 Å². The maximum atomic E-state index is 11.3. The second kappa shape index (κ2) is 5.43. The molecule has 4 unspecified atom stereocenters. The summed E-state index contributed by atoms with van der Waals surface area (Å²) in [4.78, 5) is 13.8. The molecule has 2 rings (SSSR count). The van der Waals surface area contributed by atoms with Crippen molar-refractivity contribution < 1.29 is 9.90 Å². The van der Waals surface area contributed by atoms with Gasteiger partial charge in [0.05, 0.1) is 5.92 Å². The van der Waals surface area contributed by atoms with Crippen LogP contribution in [0.2, 0.25) is 0 Å². The lowest BCUT2D eigenvalue weighted by Crippen LogP contribution is -2.46. The Morgan fingerprint density at radius 1 is 1.16 bits per heavy atom. The fraction of sp³-hybridized carbons (Fsp3) is 0.938. The van der Waals surface area contributed by atoms with Crippen molar-refractivity contribution in [2.75, 3.05) is 13.1 Å². The highest BCUT2D eigenvalue weighted by atomic mass is 16.4. The summed E-state index contributed by atoms with van der Waals surface area (Å²) < 4.78 is 0. The zero-order valence-corrected chi connectivity index (χ0v) is 12.9. The first-order valence-corrected chi connectivity index (χ1v) is 7.77. The number of rotatable bonds is 2. The molecule has 2 aliphatic rings. The largest absolute Gasteiger partial charge is 0.481 e. The van der Waals surface area contributed by atoms with Crippen molar-refractivity contribution in [1.29, 1.82) is 0 Å². The molecule has 2 fully saturated rings. The highest BCUT2D eigenvalue weighted by Gasteiger charge is 2.43. The number of aliphatic carboxylic acids is 1. The van der Waals surface area contributed by atoms with E-state index in [0.29, 0.717) is 23.3 Å². The first-order valence-electron chi connectivity index (χ1n) is 7.77. The Labute approximate surface area is 117 Å². The molecule has 0 aromatic carbocycles. The molecule has 1 N–H and O–H groups in total. The Balaban J connectivity index is 2.10. The van der Waals surface area contributed by atoms with E-state index in [1.165, 1.54) is 25.7 Å². The molecule has 4 atom stereocenters. The van der Waals surface area contributed by atoms with Crippen LogP contribution in [0.15, 0.2) is 0 Å². The van der Waals surface area contributed by atoms with E-state index in [2.05, 4.69) is 32.6 Å². The van der Waals surface area contributed by atoms with Gasteiger partial charge in [0.2, 0.25) is 0 Å². The summed E-state index contributed by atoms with van der Waals surface area (Å²) in [7, 11) is 0. The molecule has 1 aliphatic carbocycles. The molecule has 1 aliphatic heterocycles. The number of carboxylic acid groups (broad SMARTS) is 1. The molecule has 1 heterocycles. The minimum Gasteiger partial charge on any atom is -0.481 e. The van der Waals surface area contributed by atoms with Crippen LogP contribution < -0.4 is 0 Å². The lowest BCUT2D eigenvalue weighted by Gasteiger charge is -2.44. The van der Waals surface area contributed by atoms with Gasteiger partial charge in [-0.25, -0.2) is 0 Å². The normalized spacial score (nSPS) is 37.5. The first-order chi connectivity index (χ1) is 8.80. The monoisotopic (exact) mass is 267 g/mol. The van der Waals surface area contributed by atoms with Crippen LogP contribution in [-0.2, 0) is 4.79 Å². The minimum absolute atomic E-state index is 0.164. The van der Waals surface area contributed by atoms with E-state index < -0.39 is 5.97 Å². The standard InChI is InChI=1S/C16H29NO2/c1-11-9-17(10-12(11)15(18)19)14-8-6-5-7-13(14)16(2,3)4/h11-14H,5-10H2,1-4H3,(H,18,19). The summed E-state index contributed by atoms with van der Waals surface area (Å²) >= 11 is 0. The van der Waals surface area contributed by atoms with Crippen LogP contribution in [-0.4, -0.2) is 35.1 Å². The van der Waals surface area contributed by atoms with Gasteiger partial charge in [0, 0.05) is 19.1 Å². The average molecular weight is 267 g/mol. The van der Waals surface area contributed by atoms with E-state index in [-0.39, 0.29) is 5.92 Å². The van der Waals surface area contributed by atoms with Crippen molar-refractivity contribution >= 4 is 5.97 Å². The van der Waals surface area contributed by atoms with Gasteiger partial charge in [-0.2, -0.15) is 0 Å². The summed E-state index contributed by atoms with van der Waals surface area (Å²) in [5.74, 6) is 0.224. The third-order valence-corrected chi connectivity index (χ3v) is 5.27. The van der Waals surface area contributed by atoms with Crippen LogP contribution in [0.3, 0.4) is 0 Å². The Morgan fingerprint density at radius 2 is 1.79 bits per heavy atom. The van der Waals surface area contributed by atoms with E-state index in [1.54, 1.807) is 0 Å². The fourth-order valence-electron chi connectivity index (χ4n) is 4.16. The molecular weight excluding hydrogens is 238 g/mol. The number of likely N-dealkylation sites (tertiary alicyclic amines) is 1. The number of hydrogen-bond donors (Lipinski definition) is 1. The lowest BCUT2D eigenvalue weighted by atomic mass is 9.69. The van der Waals surface area contributed by atoms with E-state index in [9.17, 15) is 9.90 Å². The van der Waals surface area contributed by atoms with Gasteiger partial charge in [0.1, 0.15) is 0 Å². The van der Waals surface area contributed by atoms with Crippen molar-refractivity contribution in [3.05, 3.63) is 0 Å². The van der Waals surface area contributed by atoms with Gasteiger partial charge < -0.3 is 5.11 Å². The third kappa shape index (κ3) is 3.13. The fourth-order valence-corrected chi connectivity index (χ4v) is 4.16. The maximum absolute atomic E-state index is 11.3. The number of hydrogen-bond acceptors (Lipinski definition) is 2. The Kier molecular flexibility index (Phi) is 4.24. The molecule has 0 aromatic rings. The van der Waals surface area contributed by atoms with Crippen LogP contribution in [0.4, 0.5) is 0 Å². The molecule has 0 amide bonds. The minimum atomic E-state index is -0.613. The van der Waals surface area contributed by atoms with Crippen LogP contribution in [0.25, 0.3) is 0 Å². The van der Waals surface area contributed by atoms with Gasteiger partial charge in [-0.15, -0.1) is 0 Å². The first kappa shape index (κ1) is 14.8. The summed E-state index contributed by atoms with van der Waals surface area (Å²) in [5.41, 5.74) is 0.329. The predicted octanol–water partition coefficient (Wildman–Crippen LogP) is 3.24. The molecule has 0 aromatic heterocycles. The molecule has 1 saturated heterocycles. The predicted molar refractivity (Wildman–Crippen MR) is 77.1 cm³/mol. The quantitative estimate of drug-likeness (QED) is 0.835.